The van der Waals surface area contributed by atoms with Gasteiger partial charge in [-0.25, -0.2) is 9.37 Å². The number of hydrogen-bond acceptors (Lipinski definition) is 4. The molecule has 3 rings (SSSR count). The van der Waals surface area contributed by atoms with Crippen molar-refractivity contribution in [3.8, 4) is 0 Å². The average molecular weight is 428 g/mol. The molecule has 2 aromatic carbocycles. The summed E-state index contributed by atoms with van der Waals surface area (Å²) in [7, 11) is 3.97. The number of aromatic nitrogens is 1. The fourth-order valence-electron chi connectivity index (χ4n) is 2.61. The van der Waals surface area contributed by atoms with Gasteiger partial charge in [-0.3, -0.25) is 9.69 Å². The molecule has 0 bridgehead atoms. The van der Waals surface area contributed by atoms with Crippen molar-refractivity contribution in [1.29, 1.82) is 0 Å². The monoisotopic (exact) mass is 427 g/mol. The van der Waals surface area contributed by atoms with E-state index in [9.17, 15) is 9.18 Å². The van der Waals surface area contributed by atoms with Crippen LogP contribution in [-0.4, -0.2) is 43.0 Å². The summed E-state index contributed by atoms with van der Waals surface area (Å²) >= 11 is 7.52. The highest BCUT2D eigenvalue weighted by Crippen LogP contribution is 2.31. The standard InChI is InChI=1S/C19H19ClFN3OS.ClH/c1-23(2)10-5-11-24(18(25)14-6-3-4-7-15(14)20)19-22-16-9-8-13(21)12-17(16)26-19;/h3-4,6-9,12H,5,10-11H2,1-2H3;1H. The Morgan fingerprint density at radius 3 is 2.63 bits per heavy atom. The Balaban J connectivity index is 0.00000261. The maximum Gasteiger partial charge on any atom is 0.261 e. The lowest BCUT2D eigenvalue weighted by molar-refractivity contribution is 0.0986. The van der Waals surface area contributed by atoms with E-state index in [1.165, 1.54) is 23.5 Å². The highest BCUT2D eigenvalue weighted by atomic mass is 35.5. The van der Waals surface area contributed by atoms with Gasteiger partial charge in [-0.2, -0.15) is 0 Å². The molecule has 8 heteroatoms. The highest BCUT2D eigenvalue weighted by Gasteiger charge is 2.23. The molecule has 0 aliphatic carbocycles. The van der Waals surface area contributed by atoms with Gasteiger partial charge < -0.3 is 4.90 Å². The van der Waals surface area contributed by atoms with Gasteiger partial charge in [0, 0.05) is 6.54 Å². The molecule has 0 fully saturated rings. The molecule has 1 amide bonds. The van der Waals surface area contributed by atoms with Gasteiger partial charge in [0.1, 0.15) is 5.82 Å². The second-order valence-corrected chi connectivity index (χ2v) is 7.62. The van der Waals surface area contributed by atoms with E-state index in [1.54, 1.807) is 35.2 Å². The fraction of sp³-hybridized carbons (Fsp3) is 0.263. The molecule has 0 N–H and O–H groups in total. The number of nitrogens with zero attached hydrogens (tertiary/aromatic N) is 3. The van der Waals surface area contributed by atoms with Crippen LogP contribution >= 0.6 is 35.3 Å². The van der Waals surface area contributed by atoms with Crippen LogP contribution in [0, 0.1) is 5.82 Å². The first-order valence-corrected chi connectivity index (χ1v) is 9.42. The molecule has 1 heterocycles. The van der Waals surface area contributed by atoms with Crippen LogP contribution in [0.1, 0.15) is 16.8 Å². The van der Waals surface area contributed by atoms with E-state index < -0.39 is 0 Å². The summed E-state index contributed by atoms with van der Waals surface area (Å²) in [5.74, 6) is -0.516. The molecular weight excluding hydrogens is 408 g/mol. The third-order valence-electron chi connectivity index (χ3n) is 3.91. The minimum absolute atomic E-state index is 0. The molecule has 1 aromatic heterocycles. The highest BCUT2D eigenvalue weighted by molar-refractivity contribution is 7.22. The summed E-state index contributed by atoms with van der Waals surface area (Å²) in [4.78, 5) is 21.3. The quantitative estimate of drug-likeness (QED) is 0.548. The normalized spacial score (nSPS) is 10.9. The van der Waals surface area contributed by atoms with Gasteiger partial charge in [0.25, 0.3) is 5.91 Å². The van der Waals surface area contributed by atoms with Crippen LogP contribution in [-0.2, 0) is 0 Å². The largest absolute Gasteiger partial charge is 0.309 e. The number of rotatable bonds is 6. The van der Waals surface area contributed by atoms with Gasteiger partial charge in [-0.05, 0) is 57.4 Å². The smallest absolute Gasteiger partial charge is 0.261 e. The van der Waals surface area contributed by atoms with Crippen molar-refractivity contribution < 1.29 is 9.18 Å². The number of carbonyl (C=O) groups excluding carboxylic acids is 1. The van der Waals surface area contributed by atoms with Crippen molar-refractivity contribution in [3.05, 3.63) is 58.9 Å². The maximum absolute atomic E-state index is 13.5. The second-order valence-electron chi connectivity index (χ2n) is 6.20. The molecule has 0 aliphatic rings. The van der Waals surface area contributed by atoms with Crippen LogP contribution in [0.3, 0.4) is 0 Å². The number of hydrogen-bond donors (Lipinski definition) is 0. The Morgan fingerprint density at radius 1 is 1.19 bits per heavy atom. The van der Waals surface area contributed by atoms with Crippen LogP contribution in [0.5, 0.6) is 0 Å². The van der Waals surface area contributed by atoms with Crippen LogP contribution in [0.2, 0.25) is 5.02 Å². The zero-order chi connectivity index (χ0) is 18.7. The average Bonchev–Trinajstić information content (AvgIpc) is 3.01. The molecule has 0 saturated heterocycles. The lowest BCUT2D eigenvalue weighted by Crippen LogP contribution is -2.33. The SMILES string of the molecule is CN(C)CCCN(C(=O)c1ccccc1Cl)c1nc2ccc(F)cc2s1.Cl. The van der Waals surface area contributed by atoms with Crippen LogP contribution in [0.25, 0.3) is 10.2 Å². The van der Waals surface area contributed by atoms with Gasteiger partial charge >= 0.3 is 0 Å². The molecule has 0 saturated carbocycles. The van der Waals surface area contributed by atoms with Crippen molar-refractivity contribution in [1.82, 2.24) is 9.88 Å². The van der Waals surface area contributed by atoms with Gasteiger partial charge in [-0.1, -0.05) is 35.1 Å². The molecule has 0 aliphatic heterocycles. The number of fused-ring (bicyclic) bond motifs is 1. The number of carbonyl (C=O) groups is 1. The molecule has 144 valence electrons. The number of amides is 1. The van der Waals surface area contributed by atoms with E-state index >= 15 is 0 Å². The first kappa shape index (κ1) is 21.6. The maximum atomic E-state index is 13.5. The second kappa shape index (κ2) is 9.46. The molecule has 0 radical (unpaired) electrons. The first-order valence-electron chi connectivity index (χ1n) is 8.23. The Bertz CT molecular complexity index is 932. The molecular formula is C19H20Cl2FN3OS. The predicted molar refractivity (Wildman–Crippen MR) is 113 cm³/mol. The molecule has 27 heavy (non-hydrogen) atoms. The summed E-state index contributed by atoms with van der Waals surface area (Å²) in [6.45, 7) is 1.34. The van der Waals surface area contributed by atoms with Gasteiger partial charge in [0.05, 0.1) is 20.8 Å². The molecule has 0 unspecified atom stereocenters. The summed E-state index contributed by atoms with van der Waals surface area (Å²) in [5.41, 5.74) is 1.11. The molecule has 4 nitrogen and oxygen atoms in total. The van der Waals surface area contributed by atoms with Gasteiger partial charge in [0.2, 0.25) is 0 Å². The van der Waals surface area contributed by atoms with E-state index in [4.69, 9.17) is 11.6 Å². The minimum Gasteiger partial charge on any atom is -0.309 e. The molecule has 0 spiro atoms. The van der Waals surface area contributed by atoms with E-state index in [2.05, 4.69) is 9.88 Å². The van der Waals surface area contributed by atoms with Crippen molar-refractivity contribution in [2.45, 2.75) is 6.42 Å². The van der Waals surface area contributed by atoms with E-state index in [-0.39, 0.29) is 24.1 Å². The van der Waals surface area contributed by atoms with E-state index in [0.717, 1.165) is 13.0 Å². The van der Waals surface area contributed by atoms with Crippen molar-refractivity contribution in [2.75, 3.05) is 32.1 Å². The Kier molecular flexibility index (Phi) is 7.56. The van der Waals surface area contributed by atoms with Gasteiger partial charge in [-0.15, -0.1) is 12.4 Å². The first-order chi connectivity index (χ1) is 12.5. The van der Waals surface area contributed by atoms with E-state index in [0.29, 0.717) is 32.5 Å². The Hall–Kier alpha value is -1.73. The topological polar surface area (TPSA) is 36.4 Å². The molecule has 0 atom stereocenters. The third kappa shape index (κ3) is 5.17. The summed E-state index contributed by atoms with van der Waals surface area (Å²) in [6, 6.07) is 11.4. The molecule has 3 aromatic rings. The fourth-order valence-corrected chi connectivity index (χ4v) is 3.84. The van der Waals surface area contributed by atoms with Crippen LogP contribution in [0.15, 0.2) is 42.5 Å². The van der Waals surface area contributed by atoms with Gasteiger partial charge in [0.15, 0.2) is 5.13 Å². The summed E-state index contributed by atoms with van der Waals surface area (Å²) in [5, 5.41) is 0.955. The number of halogens is 3. The minimum atomic E-state index is -0.315. The zero-order valence-electron chi connectivity index (χ0n) is 15.0. The zero-order valence-corrected chi connectivity index (χ0v) is 17.4. The van der Waals surface area contributed by atoms with Crippen molar-refractivity contribution in [3.63, 3.8) is 0 Å². The third-order valence-corrected chi connectivity index (χ3v) is 5.28. The van der Waals surface area contributed by atoms with Crippen molar-refractivity contribution in [2.24, 2.45) is 0 Å². The van der Waals surface area contributed by atoms with E-state index in [1.807, 2.05) is 14.1 Å². The van der Waals surface area contributed by atoms with Crippen LogP contribution in [0.4, 0.5) is 9.52 Å². The number of thiazole rings is 1. The van der Waals surface area contributed by atoms with Crippen LogP contribution < -0.4 is 4.90 Å². The lowest BCUT2D eigenvalue weighted by Gasteiger charge is -2.21. The summed E-state index contributed by atoms with van der Waals surface area (Å²) in [6.07, 6.45) is 0.785. The Labute approximate surface area is 173 Å². The lowest BCUT2D eigenvalue weighted by atomic mass is 10.2. The Morgan fingerprint density at radius 2 is 1.93 bits per heavy atom. The number of benzene rings is 2. The summed E-state index contributed by atoms with van der Waals surface area (Å²) < 4.78 is 14.2. The van der Waals surface area contributed by atoms with Crippen molar-refractivity contribution >= 4 is 56.6 Å². The predicted octanol–water partition coefficient (Wildman–Crippen LogP) is 5.11. The number of anilines is 1.